The average molecular weight is 342 g/mol. The molecule has 0 spiro atoms. The normalized spacial score (nSPS) is 14.4. The van der Waals surface area contributed by atoms with Crippen LogP contribution in [0.4, 0.5) is 5.69 Å². The molecule has 0 unspecified atom stereocenters. The summed E-state index contributed by atoms with van der Waals surface area (Å²) < 4.78 is 10.2. The van der Waals surface area contributed by atoms with Crippen molar-refractivity contribution >= 4 is 17.4 Å². The number of piperazine rings is 1. The van der Waals surface area contributed by atoms with E-state index in [0.29, 0.717) is 18.8 Å². The molecule has 3 rings (SSSR count). The molecule has 1 aromatic carbocycles. The number of furan rings is 1. The summed E-state index contributed by atoms with van der Waals surface area (Å²) in [6.45, 7) is 2.90. The zero-order chi connectivity index (χ0) is 17.6. The van der Waals surface area contributed by atoms with Crippen molar-refractivity contribution in [2.24, 2.45) is 0 Å². The van der Waals surface area contributed by atoms with Crippen LogP contribution in [-0.2, 0) is 4.79 Å². The summed E-state index contributed by atoms with van der Waals surface area (Å²) in [6, 6.07) is 11.2. The number of carbonyl (C=O) groups excluding carboxylic acids is 2. The Hall–Kier alpha value is -2.76. The van der Waals surface area contributed by atoms with Crippen molar-refractivity contribution in [3.63, 3.8) is 0 Å². The van der Waals surface area contributed by atoms with Crippen molar-refractivity contribution in [3.05, 3.63) is 48.4 Å². The Labute approximate surface area is 147 Å². The van der Waals surface area contributed by atoms with Crippen LogP contribution in [0.1, 0.15) is 23.4 Å². The van der Waals surface area contributed by atoms with Crippen LogP contribution in [0.25, 0.3) is 0 Å². The maximum Gasteiger partial charge on any atom is 0.223 e. The zero-order valence-corrected chi connectivity index (χ0v) is 14.3. The molecule has 0 bridgehead atoms. The van der Waals surface area contributed by atoms with Gasteiger partial charge in [0.25, 0.3) is 0 Å². The van der Waals surface area contributed by atoms with Crippen LogP contribution in [0.15, 0.2) is 47.1 Å². The third kappa shape index (κ3) is 4.21. The highest BCUT2D eigenvalue weighted by Gasteiger charge is 2.22. The number of amides is 1. The first kappa shape index (κ1) is 17.1. The van der Waals surface area contributed by atoms with Crippen LogP contribution < -0.4 is 9.64 Å². The summed E-state index contributed by atoms with van der Waals surface area (Å²) in [4.78, 5) is 28.3. The SMILES string of the molecule is COc1ccc(N2CCN(C(=O)CCC(=O)c3ccco3)CC2)cc1. The molecule has 25 heavy (non-hydrogen) atoms. The van der Waals surface area contributed by atoms with Crippen LogP contribution >= 0.6 is 0 Å². The molecule has 6 heteroatoms. The average Bonchev–Trinajstić information content (AvgIpc) is 3.21. The first-order chi connectivity index (χ1) is 12.2. The number of hydrogen-bond donors (Lipinski definition) is 0. The first-order valence-corrected chi connectivity index (χ1v) is 8.41. The van der Waals surface area contributed by atoms with E-state index in [-0.39, 0.29) is 24.5 Å². The van der Waals surface area contributed by atoms with Gasteiger partial charge in [0.15, 0.2) is 11.5 Å². The third-order valence-corrected chi connectivity index (χ3v) is 4.43. The Morgan fingerprint density at radius 3 is 2.36 bits per heavy atom. The summed E-state index contributed by atoms with van der Waals surface area (Å²) in [5.74, 6) is 1.04. The predicted molar refractivity (Wildman–Crippen MR) is 94.1 cm³/mol. The number of anilines is 1. The van der Waals surface area contributed by atoms with Crippen LogP contribution in [0.5, 0.6) is 5.75 Å². The van der Waals surface area contributed by atoms with E-state index in [1.807, 2.05) is 29.2 Å². The Balaban J connectivity index is 1.46. The molecule has 0 saturated carbocycles. The summed E-state index contributed by atoms with van der Waals surface area (Å²) in [7, 11) is 1.65. The van der Waals surface area contributed by atoms with E-state index < -0.39 is 0 Å². The van der Waals surface area contributed by atoms with Gasteiger partial charge in [-0.2, -0.15) is 0 Å². The Bertz CT molecular complexity index is 702. The molecule has 2 heterocycles. The number of ketones is 1. The number of rotatable bonds is 6. The van der Waals surface area contributed by atoms with Gasteiger partial charge >= 0.3 is 0 Å². The minimum absolute atomic E-state index is 0.0225. The van der Waals surface area contributed by atoms with Crippen LogP contribution in [-0.4, -0.2) is 49.9 Å². The van der Waals surface area contributed by atoms with E-state index in [2.05, 4.69) is 4.90 Å². The number of methoxy groups -OCH3 is 1. The monoisotopic (exact) mass is 342 g/mol. The molecule has 2 aromatic rings. The number of carbonyl (C=O) groups is 2. The molecule has 6 nitrogen and oxygen atoms in total. The quantitative estimate of drug-likeness (QED) is 0.755. The van der Waals surface area contributed by atoms with Gasteiger partial charge in [0.05, 0.1) is 13.4 Å². The van der Waals surface area contributed by atoms with Gasteiger partial charge in [-0.25, -0.2) is 0 Å². The van der Waals surface area contributed by atoms with Crippen LogP contribution in [0, 0.1) is 0 Å². The molecule has 1 aliphatic rings. The highest BCUT2D eigenvalue weighted by atomic mass is 16.5. The van der Waals surface area contributed by atoms with E-state index in [4.69, 9.17) is 9.15 Å². The van der Waals surface area contributed by atoms with Gasteiger partial charge in [-0.15, -0.1) is 0 Å². The van der Waals surface area contributed by atoms with E-state index in [1.54, 1.807) is 19.2 Å². The highest BCUT2D eigenvalue weighted by Crippen LogP contribution is 2.20. The minimum atomic E-state index is -0.129. The maximum atomic E-state index is 12.3. The zero-order valence-electron chi connectivity index (χ0n) is 14.3. The molecular weight excluding hydrogens is 320 g/mol. The van der Waals surface area contributed by atoms with E-state index in [1.165, 1.54) is 6.26 Å². The summed E-state index contributed by atoms with van der Waals surface area (Å²) in [5.41, 5.74) is 1.13. The van der Waals surface area contributed by atoms with Crippen LogP contribution in [0.2, 0.25) is 0 Å². The van der Waals surface area contributed by atoms with Crippen molar-refractivity contribution in [2.45, 2.75) is 12.8 Å². The van der Waals surface area contributed by atoms with Crippen molar-refractivity contribution in [2.75, 3.05) is 38.2 Å². The van der Waals surface area contributed by atoms with Crippen molar-refractivity contribution in [1.29, 1.82) is 0 Å². The lowest BCUT2D eigenvalue weighted by Crippen LogP contribution is -2.48. The van der Waals surface area contributed by atoms with Gasteiger partial charge in [0.2, 0.25) is 5.91 Å². The summed E-state index contributed by atoms with van der Waals surface area (Å²) in [5, 5.41) is 0. The fourth-order valence-corrected chi connectivity index (χ4v) is 2.95. The number of benzene rings is 1. The molecule has 0 atom stereocenters. The second-order valence-corrected chi connectivity index (χ2v) is 5.97. The third-order valence-electron chi connectivity index (χ3n) is 4.43. The summed E-state index contributed by atoms with van der Waals surface area (Å²) >= 11 is 0. The lowest BCUT2D eigenvalue weighted by molar-refractivity contribution is -0.131. The largest absolute Gasteiger partial charge is 0.497 e. The second-order valence-electron chi connectivity index (χ2n) is 5.97. The Morgan fingerprint density at radius 2 is 1.76 bits per heavy atom. The Morgan fingerprint density at radius 1 is 1.04 bits per heavy atom. The van der Waals surface area contributed by atoms with Gasteiger partial charge in [-0.1, -0.05) is 0 Å². The van der Waals surface area contributed by atoms with E-state index in [9.17, 15) is 9.59 Å². The van der Waals surface area contributed by atoms with Gasteiger partial charge in [-0.05, 0) is 36.4 Å². The predicted octanol–water partition coefficient (Wildman–Crippen LogP) is 2.60. The molecule has 1 amide bonds. The van der Waals surface area contributed by atoms with E-state index >= 15 is 0 Å². The van der Waals surface area contributed by atoms with Crippen molar-refractivity contribution < 1.29 is 18.7 Å². The van der Waals surface area contributed by atoms with Crippen molar-refractivity contribution in [1.82, 2.24) is 4.90 Å². The van der Waals surface area contributed by atoms with Gasteiger partial charge in [0.1, 0.15) is 5.75 Å². The topological polar surface area (TPSA) is 63.0 Å². The van der Waals surface area contributed by atoms with Gasteiger partial charge in [0, 0.05) is 44.7 Å². The molecule has 1 aliphatic heterocycles. The molecule has 1 aromatic heterocycles. The maximum absolute atomic E-state index is 12.3. The number of ether oxygens (including phenoxy) is 1. The second kappa shape index (κ2) is 7.88. The molecule has 132 valence electrons. The van der Waals surface area contributed by atoms with Crippen molar-refractivity contribution in [3.8, 4) is 5.75 Å². The lowest BCUT2D eigenvalue weighted by atomic mass is 10.1. The van der Waals surface area contributed by atoms with E-state index in [0.717, 1.165) is 24.5 Å². The molecule has 0 aliphatic carbocycles. The molecular formula is C19H22N2O4. The minimum Gasteiger partial charge on any atom is -0.497 e. The van der Waals surface area contributed by atoms with Crippen LogP contribution in [0.3, 0.4) is 0 Å². The Kier molecular flexibility index (Phi) is 5.38. The fourth-order valence-electron chi connectivity index (χ4n) is 2.95. The summed E-state index contributed by atoms with van der Waals surface area (Å²) in [6.07, 6.45) is 1.88. The van der Waals surface area contributed by atoms with Gasteiger partial charge in [-0.3, -0.25) is 9.59 Å². The number of nitrogens with zero attached hydrogens (tertiary/aromatic N) is 2. The first-order valence-electron chi connectivity index (χ1n) is 8.41. The molecule has 0 N–H and O–H groups in total. The smallest absolute Gasteiger partial charge is 0.223 e. The lowest BCUT2D eigenvalue weighted by Gasteiger charge is -2.36. The fraction of sp³-hybridized carbons (Fsp3) is 0.368. The molecule has 1 fully saturated rings. The highest BCUT2D eigenvalue weighted by molar-refractivity contribution is 5.95. The number of Topliss-reactive ketones (excluding diaryl/α,β-unsaturated/α-hetero) is 1. The standard InChI is InChI=1S/C19H22N2O4/c1-24-16-6-4-15(5-7-16)20-10-12-21(13-11-20)19(23)9-8-17(22)18-3-2-14-25-18/h2-7,14H,8-13H2,1H3. The van der Waals surface area contributed by atoms with Gasteiger partial charge < -0.3 is 19.0 Å². The molecule has 0 radical (unpaired) electrons. The number of hydrogen-bond acceptors (Lipinski definition) is 5. The molecule has 1 saturated heterocycles.